The summed E-state index contributed by atoms with van der Waals surface area (Å²) in [7, 11) is 0. The number of rotatable bonds is 4. The Morgan fingerprint density at radius 1 is 0.967 bits per heavy atom. The van der Waals surface area contributed by atoms with Crippen LogP contribution in [0.3, 0.4) is 0 Å². The van der Waals surface area contributed by atoms with Gasteiger partial charge in [0.05, 0.1) is 30.2 Å². The lowest BCUT2D eigenvalue weighted by molar-refractivity contribution is 0.510. The molecule has 30 heavy (non-hydrogen) atoms. The molecule has 0 amide bonds. The van der Waals surface area contributed by atoms with Crippen LogP contribution < -0.4 is 0 Å². The summed E-state index contributed by atoms with van der Waals surface area (Å²) in [6.07, 6.45) is 5.03. The number of aromatic amines is 1. The van der Waals surface area contributed by atoms with Gasteiger partial charge in [0, 0.05) is 16.8 Å². The summed E-state index contributed by atoms with van der Waals surface area (Å²) in [5.74, 6) is -1.07. The van der Waals surface area contributed by atoms with Gasteiger partial charge in [-0.05, 0) is 36.4 Å². The first-order valence-corrected chi connectivity index (χ1v) is 9.39. The van der Waals surface area contributed by atoms with E-state index < -0.39 is 11.6 Å². The molecule has 0 aliphatic carbocycles. The lowest BCUT2D eigenvalue weighted by Gasteiger charge is -2.04. The fraction of sp³-hybridized carbons (Fsp3) is 0.0476. The standard InChI is InChI=1S/C21H13ClF2N6/c22-13-6-4-12(5-7-13)20-25-8-14(27-20)10-30-11-18-17(9-26-30)28-21(29-18)15-2-1-3-16(23)19(15)24/h1-9,11H,10H2,(H,25,27). The minimum atomic E-state index is -0.972. The van der Waals surface area contributed by atoms with Crippen molar-refractivity contribution < 1.29 is 8.78 Å². The number of aromatic nitrogens is 6. The Kier molecular flexibility index (Phi) is 4.48. The van der Waals surface area contributed by atoms with Gasteiger partial charge >= 0.3 is 0 Å². The van der Waals surface area contributed by atoms with E-state index in [0.717, 1.165) is 23.1 Å². The minimum absolute atomic E-state index is 0.0117. The van der Waals surface area contributed by atoms with Crippen LogP contribution in [0.25, 0.3) is 34.2 Å². The second kappa shape index (κ2) is 7.31. The highest BCUT2D eigenvalue weighted by Gasteiger charge is 2.18. The molecule has 0 radical (unpaired) electrons. The fourth-order valence-corrected chi connectivity index (χ4v) is 3.23. The second-order valence-electron chi connectivity index (χ2n) is 6.64. The molecule has 0 spiro atoms. The van der Waals surface area contributed by atoms with Gasteiger partial charge in [0.15, 0.2) is 17.5 Å². The molecule has 2 aliphatic rings. The third-order valence-electron chi connectivity index (χ3n) is 4.58. The lowest BCUT2D eigenvalue weighted by Crippen LogP contribution is -2.05. The molecule has 3 aromatic rings. The Morgan fingerprint density at radius 3 is 2.60 bits per heavy atom. The van der Waals surface area contributed by atoms with E-state index in [2.05, 4.69) is 25.0 Å². The molecule has 0 fully saturated rings. The lowest BCUT2D eigenvalue weighted by atomic mass is 10.2. The molecule has 9 heteroatoms. The van der Waals surface area contributed by atoms with Gasteiger partial charge in [-0.2, -0.15) is 5.10 Å². The number of hydrogen-bond acceptors (Lipinski definition) is 4. The molecule has 0 saturated heterocycles. The normalized spacial score (nSPS) is 11.3. The summed E-state index contributed by atoms with van der Waals surface area (Å²) < 4.78 is 29.2. The van der Waals surface area contributed by atoms with Gasteiger partial charge in [0.1, 0.15) is 17.2 Å². The zero-order valence-corrected chi connectivity index (χ0v) is 16.1. The van der Waals surface area contributed by atoms with Crippen LogP contribution in [0, 0.1) is 11.6 Å². The molecule has 2 aromatic carbocycles. The van der Waals surface area contributed by atoms with Crippen molar-refractivity contribution in [2.24, 2.45) is 0 Å². The number of imidazole rings is 2. The molecular weight excluding hydrogens is 410 g/mol. The van der Waals surface area contributed by atoms with Crippen LogP contribution in [-0.2, 0) is 6.54 Å². The van der Waals surface area contributed by atoms with Crippen LogP contribution in [0.4, 0.5) is 8.78 Å². The van der Waals surface area contributed by atoms with E-state index in [1.807, 2.05) is 12.1 Å². The smallest absolute Gasteiger partial charge is 0.169 e. The second-order valence-corrected chi connectivity index (χ2v) is 7.07. The fourth-order valence-electron chi connectivity index (χ4n) is 3.11. The van der Waals surface area contributed by atoms with Crippen molar-refractivity contribution in [1.29, 1.82) is 0 Å². The molecule has 0 atom stereocenters. The first-order chi connectivity index (χ1) is 14.6. The molecule has 0 saturated carbocycles. The van der Waals surface area contributed by atoms with Crippen LogP contribution >= 0.6 is 11.6 Å². The highest BCUT2D eigenvalue weighted by Crippen LogP contribution is 2.27. The molecule has 6 nitrogen and oxygen atoms in total. The minimum Gasteiger partial charge on any atom is -0.344 e. The summed E-state index contributed by atoms with van der Waals surface area (Å²) in [6.45, 7) is 0.399. The Labute approximate surface area is 174 Å². The number of H-pyrrole nitrogens is 1. The van der Waals surface area contributed by atoms with E-state index in [-0.39, 0.29) is 11.4 Å². The summed E-state index contributed by atoms with van der Waals surface area (Å²) in [5.41, 5.74) is 2.72. The maximum Gasteiger partial charge on any atom is 0.169 e. The zero-order chi connectivity index (χ0) is 20.7. The number of halogens is 3. The average molecular weight is 423 g/mol. The summed E-state index contributed by atoms with van der Waals surface area (Å²) in [4.78, 5) is 16.3. The first-order valence-electron chi connectivity index (χ1n) is 9.01. The van der Waals surface area contributed by atoms with Crippen molar-refractivity contribution in [1.82, 2.24) is 29.7 Å². The van der Waals surface area contributed by atoms with Crippen molar-refractivity contribution in [3.05, 3.63) is 83.4 Å². The van der Waals surface area contributed by atoms with Crippen molar-refractivity contribution in [2.45, 2.75) is 6.54 Å². The summed E-state index contributed by atoms with van der Waals surface area (Å²) >= 11 is 5.92. The predicted octanol–water partition coefficient (Wildman–Crippen LogP) is 4.81. The van der Waals surface area contributed by atoms with Gasteiger partial charge in [-0.3, -0.25) is 4.68 Å². The van der Waals surface area contributed by atoms with Crippen LogP contribution in [0.5, 0.6) is 0 Å². The van der Waals surface area contributed by atoms with Gasteiger partial charge in [-0.25, -0.2) is 23.7 Å². The van der Waals surface area contributed by atoms with Gasteiger partial charge < -0.3 is 4.98 Å². The topological polar surface area (TPSA) is 72.3 Å². The van der Waals surface area contributed by atoms with Crippen LogP contribution in [0.15, 0.2) is 61.1 Å². The molecule has 1 aromatic heterocycles. The average Bonchev–Trinajstić information content (AvgIpc) is 3.37. The van der Waals surface area contributed by atoms with Gasteiger partial charge in [0.25, 0.3) is 0 Å². The molecule has 0 bridgehead atoms. The Balaban J connectivity index is 1.42. The molecule has 0 unspecified atom stereocenters. The molecular formula is C21H13ClF2N6. The number of fused-ring (bicyclic) bond motifs is 1. The highest BCUT2D eigenvalue weighted by molar-refractivity contribution is 6.30. The van der Waals surface area contributed by atoms with E-state index in [0.29, 0.717) is 23.0 Å². The van der Waals surface area contributed by atoms with Crippen LogP contribution in [0.1, 0.15) is 5.69 Å². The van der Waals surface area contributed by atoms with E-state index in [1.165, 1.54) is 18.3 Å². The summed E-state index contributed by atoms with van der Waals surface area (Å²) in [6, 6.07) is 11.3. The number of nitrogens with zero attached hydrogens (tertiary/aromatic N) is 5. The van der Waals surface area contributed by atoms with Crippen LogP contribution in [-0.4, -0.2) is 29.7 Å². The largest absolute Gasteiger partial charge is 0.344 e. The predicted molar refractivity (Wildman–Crippen MR) is 108 cm³/mol. The molecule has 5 rings (SSSR count). The highest BCUT2D eigenvalue weighted by atomic mass is 35.5. The Morgan fingerprint density at radius 2 is 1.77 bits per heavy atom. The molecule has 148 valence electrons. The maximum absolute atomic E-state index is 14.1. The molecule has 1 N–H and O–H groups in total. The third-order valence-corrected chi connectivity index (χ3v) is 4.83. The third kappa shape index (κ3) is 3.42. The van der Waals surface area contributed by atoms with E-state index in [9.17, 15) is 8.78 Å². The van der Waals surface area contributed by atoms with Crippen molar-refractivity contribution in [2.75, 3.05) is 0 Å². The number of benzene rings is 2. The van der Waals surface area contributed by atoms with Crippen molar-refractivity contribution >= 4 is 11.6 Å². The van der Waals surface area contributed by atoms with E-state index >= 15 is 0 Å². The monoisotopic (exact) mass is 422 g/mol. The van der Waals surface area contributed by atoms with Gasteiger partial charge in [-0.15, -0.1) is 0 Å². The van der Waals surface area contributed by atoms with Crippen molar-refractivity contribution in [3.8, 4) is 34.2 Å². The maximum atomic E-state index is 14.1. The summed E-state index contributed by atoms with van der Waals surface area (Å²) in [5, 5.41) is 4.98. The van der Waals surface area contributed by atoms with Gasteiger partial charge in [-0.1, -0.05) is 17.7 Å². The van der Waals surface area contributed by atoms with E-state index in [1.54, 1.807) is 29.2 Å². The van der Waals surface area contributed by atoms with E-state index in [4.69, 9.17) is 11.6 Å². The number of nitrogens with one attached hydrogen (secondary N) is 1. The Hall–Kier alpha value is -3.65. The quantitative estimate of drug-likeness (QED) is 0.451. The Bertz CT molecular complexity index is 1310. The van der Waals surface area contributed by atoms with Gasteiger partial charge in [0.2, 0.25) is 0 Å². The molecule has 3 heterocycles. The van der Waals surface area contributed by atoms with Crippen LogP contribution in [0.2, 0.25) is 5.02 Å². The molecule has 2 aliphatic heterocycles. The zero-order valence-electron chi connectivity index (χ0n) is 15.4. The SMILES string of the molecule is Fc1cccc(-c2nc3cnn(Cc4c[nH]c(-c5ccc(Cl)cc5)n4)cc-3n2)c1F. The number of hydrogen-bond donors (Lipinski definition) is 1. The van der Waals surface area contributed by atoms with Crippen molar-refractivity contribution in [3.63, 3.8) is 0 Å². The first kappa shape index (κ1) is 18.4.